The first kappa shape index (κ1) is 30.6. The van der Waals surface area contributed by atoms with E-state index in [2.05, 4.69) is 10.6 Å². The molecule has 12 nitrogen and oxygen atoms in total. The number of nitriles is 1. The molecule has 43 heavy (non-hydrogen) atoms. The molecule has 1 aromatic heterocycles. The number of amides is 2. The average molecular weight is 630 g/mol. The van der Waals surface area contributed by atoms with Crippen LogP contribution in [0.4, 0.5) is 0 Å². The second-order valence-electron chi connectivity index (χ2n) is 10.6. The highest BCUT2D eigenvalue weighted by molar-refractivity contribution is 6.40. The van der Waals surface area contributed by atoms with Gasteiger partial charge in [0.2, 0.25) is 0 Å². The Balaban J connectivity index is 1.28. The summed E-state index contributed by atoms with van der Waals surface area (Å²) in [5, 5.41) is 44.7. The molecule has 3 heterocycles. The number of aliphatic hydroxyl groups excluding tert-OH is 2. The van der Waals surface area contributed by atoms with E-state index >= 15 is 0 Å². The number of nitrogens with zero attached hydrogens (tertiary/aromatic N) is 3. The number of hydrogen-bond donors (Lipinski definition) is 5. The summed E-state index contributed by atoms with van der Waals surface area (Å²) in [7, 11) is 0. The van der Waals surface area contributed by atoms with Crippen LogP contribution in [0.3, 0.4) is 0 Å². The van der Waals surface area contributed by atoms with Gasteiger partial charge < -0.3 is 35.3 Å². The Bertz CT molecular complexity index is 1600. The van der Waals surface area contributed by atoms with Crippen molar-refractivity contribution in [1.82, 2.24) is 20.4 Å². The van der Waals surface area contributed by atoms with Gasteiger partial charge in [0.05, 0.1) is 40.2 Å². The first-order valence-electron chi connectivity index (χ1n) is 13.6. The molecule has 0 radical (unpaired) electrons. The van der Waals surface area contributed by atoms with Gasteiger partial charge in [0, 0.05) is 37.1 Å². The molecule has 2 aliphatic heterocycles. The Morgan fingerprint density at radius 1 is 1.12 bits per heavy atom. The van der Waals surface area contributed by atoms with E-state index in [1.54, 1.807) is 34.3 Å². The predicted octanol–water partition coefficient (Wildman–Crippen LogP) is 2.34. The first-order chi connectivity index (χ1) is 20.6. The molecule has 0 spiro atoms. The summed E-state index contributed by atoms with van der Waals surface area (Å²) in [6, 6.07) is 7.28. The van der Waals surface area contributed by atoms with Gasteiger partial charge in [-0.1, -0.05) is 29.3 Å². The Labute approximate surface area is 256 Å². The third kappa shape index (κ3) is 6.41. The minimum atomic E-state index is -1.34. The van der Waals surface area contributed by atoms with Gasteiger partial charge in [-0.25, -0.2) is 4.79 Å². The number of fused-ring (bicyclic) bond motifs is 2. The molecule has 5 rings (SSSR count). The molecule has 226 valence electrons. The number of aliphatic carboxylic acids is 1. The average Bonchev–Trinajstić information content (AvgIpc) is 3.58. The monoisotopic (exact) mass is 629 g/mol. The summed E-state index contributed by atoms with van der Waals surface area (Å²) in [6.07, 6.45) is 1.16. The van der Waals surface area contributed by atoms with Crippen molar-refractivity contribution in [3.05, 3.63) is 68.9 Å². The normalized spacial score (nSPS) is 19.8. The van der Waals surface area contributed by atoms with E-state index < -0.39 is 36.3 Å². The Morgan fingerprint density at radius 2 is 1.86 bits per heavy atom. The topological polar surface area (TPSA) is 179 Å². The number of carbonyl (C=O) groups is 3. The van der Waals surface area contributed by atoms with Crippen molar-refractivity contribution in [3.63, 3.8) is 0 Å². The number of hydrogen-bond acceptors (Lipinski definition) is 9. The van der Waals surface area contributed by atoms with Gasteiger partial charge in [-0.05, 0) is 54.7 Å². The maximum Gasteiger partial charge on any atom is 0.326 e. The van der Waals surface area contributed by atoms with E-state index in [4.69, 9.17) is 32.9 Å². The maximum atomic E-state index is 13.3. The van der Waals surface area contributed by atoms with Crippen LogP contribution >= 0.6 is 23.2 Å². The molecule has 0 aliphatic carbocycles. The number of furan rings is 1. The van der Waals surface area contributed by atoms with Crippen molar-refractivity contribution in [3.8, 4) is 6.19 Å². The molecule has 2 aliphatic rings. The van der Waals surface area contributed by atoms with Crippen LogP contribution in [0.1, 0.15) is 44.7 Å². The zero-order chi connectivity index (χ0) is 30.8. The third-order valence-corrected chi connectivity index (χ3v) is 8.63. The molecule has 2 amide bonds. The number of aliphatic hydroxyl groups is 2. The second-order valence-corrected chi connectivity index (χ2v) is 11.4. The quantitative estimate of drug-likeness (QED) is 0.174. The van der Waals surface area contributed by atoms with E-state index in [9.17, 15) is 29.7 Å². The molecule has 0 saturated carbocycles. The number of rotatable bonds is 9. The summed E-state index contributed by atoms with van der Waals surface area (Å²) in [5.41, 5.74) is 2.35. The number of halogens is 2. The van der Waals surface area contributed by atoms with Gasteiger partial charge in [-0.3, -0.25) is 14.5 Å². The fourth-order valence-electron chi connectivity index (χ4n) is 5.59. The zero-order valence-electron chi connectivity index (χ0n) is 22.8. The van der Waals surface area contributed by atoms with Crippen LogP contribution in [0.25, 0.3) is 11.0 Å². The number of benzene rings is 2. The van der Waals surface area contributed by atoms with Crippen LogP contribution < -0.4 is 10.6 Å². The van der Waals surface area contributed by atoms with Gasteiger partial charge in [-0.2, -0.15) is 5.26 Å². The van der Waals surface area contributed by atoms with Crippen molar-refractivity contribution in [2.45, 2.75) is 50.2 Å². The standard InChI is InChI=1S/C29H29Cl2N5O7/c30-19-9-17-11-35(28(40)16-2-1-15-6-8-43-23(15)10-16)7-5-18(17)26(31)25(19)27(39)34-20(29(41)42)3-4-24(33-14-32)36-12-21(37)22(38)13-36/h1-2,6,8-10,20-22,24,33,37-38H,3-5,7,11-13H2,(H,34,39)(H,41,42)/t20-,21+,22+,24-/m0/s1. The lowest BCUT2D eigenvalue weighted by molar-refractivity contribution is -0.139. The molecule has 2 aromatic carbocycles. The van der Waals surface area contributed by atoms with Crippen molar-refractivity contribution in [2.75, 3.05) is 19.6 Å². The maximum absolute atomic E-state index is 13.3. The molecule has 0 bridgehead atoms. The molecule has 4 atom stereocenters. The summed E-state index contributed by atoms with van der Waals surface area (Å²) >= 11 is 13.2. The second kappa shape index (κ2) is 12.8. The fourth-order valence-corrected chi connectivity index (χ4v) is 6.35. The van der Waals surface area contributed by atoms with E-state index in [0.29, 0.717) is 35.2 Å². The van der Waals surface area contributed by atoms with Crippen molar-refractivity contribution >= 4 is 52.0 Å². The Kier molecular flexibility index (Phi) is 9.10. The number of likely N-dealkylation sites (tertiary alicyclic amines) is 1. The minimum Gasteiger partial charge on any atom is -0.480 e. The molecule has 1 saturated heterocycles. The first-order valence-corrected chi connectivity index (χ1v) is 14.4. The van der Waals surface area contributed by atoms with E-state index in [0.717, 1.165) is 5.39 Å². The number of β-amino-alcohol motifs (C(OH)–C–C–N with tert-alkyl or cyclic N) is 2. The van der Waals surface area contributed by atoms with Gasteiger partial charge in [0.15, 0.2) is 6.19 Å². The molecule has 5 N–H and O–H groups in total. The molecular weight excluding hydrogens is 601 g/mol. The number of nitrogens with one attached hydrogen (secondary N) is 2. The van der Waals surface area contributed by atoms with Crippen LogP contribution in [0, 0.1) is 11.5 Å². The van der Waals surface area contributed by atoms with E-state index in [-0.39, 0.29) is 54.0 Å². The van der Waals surface area contributed by atoms with Gasteiger partial charge in [-0.15, -0.1) is 0 Å². The van der Waals surface area contributed by atoms with Crippen LogP contribution in [0.5, 0.6) is 0 Å². The lowest BCUT2D eigenvalue weighted by Gasteiger charge is -2.30. The molecule has 3 aromatic rings. The lowest BCUT2D eigenvalue weighted by atomic mass is 9.95. The number of carboxylic acids is 1. The highest BCUT2D eigenvalue weighted by Crippen LogP contribution is 2.35. The van der Waals surface area contributed by atoms with Gasteiger partial charge in [0.1, 0.15) is 11.6 Å². The fraction of sp³-hybridized carbons (Fsp3) is 0.379. The van der Waals surface area contributed by atoms with E-state index in [1.807, 2.05) is 18.3 Å². The number of carboxylic acid groups (broad SMARTS) is 1. The highest BCUT2D eigenvalue weighted by Gasteiger charge is 2.35. The van der Waals surface area contributed by atoms with Crippen molar-refractivity contribution in [2.24, 2.45) is 0 Å². The minimum absolute atomic E-state index is 0.0146. The highest BCUT2D eigenvalue weighted by atomic mass is 35.5. The van der Waals surface area contributed by atoms with Crippen LogP contribution in [-0.2, 0) is 17.8 Å². The Morgan fingerprint density at radius 3 is 2.56 bits per heavy atom. The van der Waals surface area contributed by atoms with Crippen LogP contribution in [0.2, 0.25) is 10.0 Å². The molecule has 14 heteroatoms. The SMILES string of the molecule is N#CN[C@H](CC[C@H](NC(=O)c1c(Cl)cc2c(c1Cl)CCN(C(=O)c1ccc3ccoc3c1)C2)C(=O)O)N1C[C@@H](O)[C@H](O)C1. The summed E-state index contributed by atoms with van der Waals surface area (Å²) in [4.78, 5) is 41.8. The molecular formula is C29H29Cl2N5O7. The zero-order valence-corrected chi connectivity index (χ0v) is 24.3. The van der Waals surface area contributed by atoms with Crippen LogP contribution in [-0.4, -0.2) is 87.0 Å². The molecule has 1 fully saturated rings. The van der Waals surface area contributed by atoms with Crippen molar-refractivity contribution < 1.29 is 34.1 Å². The Hall–Kier alpha value is -3.86. The third-order valence-electron chi connectivity index (χ3n) is 7.91. The van der Waals surface area contributed by atoms with Gasteiger partial charge in [0.25, 0.3) is 11.8 Å². The predicted molar refractivity (Wildman–Crippen MR) is 155 cm³/mol. The summed E-state index contributed by atoms with van der Waals surface area (Å²) in [5.74, 6) is -2.26. The molecule has 0 unspecified atom stereocenters. The lowest BCUT2D eigenvalue weighted by Crippen LogP contribution is -2.46. The largest absolute Gasteiger partial charge is 0.480 e. The van der Waals surface area contributed by atoms with Gasteiger partial charge >= 0.3 is 5.97 Å². The van der Waals surface area contributed by atoms with E-state index in [1.165, 1.54) is 0 Å². The van der Waals surface area contributed by atoms with Crippen molar-refractivity contribution in [1.29, 1.82) is 5.26 Å². The summed E-state index contributed by atoms with van der Waals surface area (Å²) < 4.78 is 5.41. The number of carbonyl (C=O) groups excluding carboxylic acids is 2. The van der Waals surface area contributed by atoms with Crippen LogP contribution in [0.15, 0.2) is 41.0 Å². The smallest absolute Gasteiger partial charge is 0.326 e. The summed E-state index contributed by atoms with van der Waals surface area (Å²) in [6.45, 7) is 0.770.